The number of nitrogens with two attached hydrogens (primary N) is 1. The van der Waals surface area contributed by atoms with E-state index in [-0.39, 0.29) is 24.2 Å². The van der Waals surface area contributed by atoms with Crippen molar-refractivity contribution in [1.82, 2.24) is 0 Å². The number of phenolic OH excluding ortho intramolecular Hbond substituents is 1. The van der Waals surface area contributed by atoms with E-state index in [2.05, 4.69) is 15.9 Å². The molecule has 3 N–H and O–H groups in total. The van der Waals surface area contributed by atoms with Gasteiger partial charge in [-0.05, 0) is 59.3 Å². The van der Waals surface area contributed by atoms with Crippen LogP contribution in [-0.2, 0) is 0 Å². The molecule has 1 aliphatic rings. The second-order valence-corrected chi connectivity index (χ2v) is 5.71. The first-order valence-corrected chi connectivity index (χ1v) is 7.33. The molecule has 0 heterocycles. The van der Waals surface area contributed by atoms with Crippen molar-refractivity contribution >= 4 is 28.3 Å². The standard InChI is InChI=1S/C14H20BrNO2.ClH/c1-2-18-12-8-10(7-11(15)14(12)17)13(16)9-5-3-4-6-9;/h7-9,13,17H,2-6,16H2,1H3;1H/t13-;/m1./s1. The molecule has 19 heavy (non-hydrogen) atoms. The zero-order chi connectivity index (χ0) is 13.1. The van der Waals surface area contributed by atoms with Crippen LogP contribution in [0.25, 0.3) is 0 Å². The lowest BCUT2D eigenvalue weighted by Gasteiger charge is -2.21. The van der Waals surface area contributed by atoms with Gasteiger partial charge in [0.2, 0.25) is 0 Å². The summed E-state index contributed by atoms with van der Waals surface area (Å²) in [6.45, 7) is 2.43. The number of aromatic hydroxyl groups is 1. The summed E-state index contributed by atoms with van der Waals surface area (Å²) in [5.41, 5.74) is 7.36. The molecule has 0 aliphatic heterocycles. The highest BCUT2D eigenvalue weighted by molar-refractivity contribution is 9.10. The summed E-state index contributed by atoms with van der Waals surface area (Å²) < 4.78 is 6.09. The minimum absolute atomic E-state index is 0. The Morgan fingerprint density at radius 2 is 2.05 bits per heavy atom. The molecule has 0 radical (unpaired) electrons. The first kappa shape index (κ1) is 16.6. The molecule has 0 bridgehead atoms. The number of hydrogen-bond donors (Lipinski definition) is 2. The molecule has 1 saturated carbocycles. The third-order valence-corrected chi connectivity index (χ3v) is 4.25. The predicted octanol–water partition coefficient (Wildman–Crippen LogP) is 4.17. The van der Waals surface area contributed by atoms with Gasteiger partial charge in [-0.2, -0.15) is 0 Å². The van der Waals surface area contributed by atoms with Crippen LogP contribution in [0.2, 0.25) is 0 Å². The first-order valence-electron chi connectivity index (χ1n) is 6.54. The van der Waals surface area contributed by atoms with E-state index >= 15 is 0 Å². The van der Waals surface area contributed by atoms with Crippen molar-refractivity contribution in [1.29, 1.82) is 0 Å². The maximum Gasteiger partial charge on any atom is 0.172 e. The lowest BCUT2D eigenvalue weighted by molar-refractivity contribution is 0.316. The third-order valence-electron chi connectivity index (χ3n) is 3.64. The number of phenols is 1. The fourth-order valence-corrected chi connectivity index (χ4v) is 3.10. The Balaban J connectivity index is 0.00000180. The number of rotatable bonds is 4. The van der Waals surface area contributed by atoms with Crippen LogP contribution in [0.1, 0.15) is 44.2 Å². The second kappa shape index (κ2) is 7.36. The molecule has 2 rings (SSSR count). The highest BCUT2D eigenvalue weighted by Crippen LogP contribution is 2.40. The highest BCUT2D eigenvalue weighted by Gasteiger charge is 2.24. The van der Waals surface area contributed by atoms with Crippen LogP contribution < -0.4 is 10.5 Å². The monoisotopic (exact) mass is 349 g/mol. The van der Waals surface area contributed by atoms with Gasteiger partial charge in [0.15, 0.2) is 11.5 Å². The zero-order valence-corrected chi connectivity index (χ0v) is 13.5. The summed E-state index contributed by atoms with van der Waals surface area (Å²) in [5, 5.41) is 9.89. The molecule has 108 valence electrons. The van der Waals surface area contributed by atoms with E-state index in [4.69, 9.17) is 10.5 Å². The van der Waals surface area contributed by atoms with Gasteiger partial charge in [0.25, 0.3) is 0 Å². The molecule has 0 amide bonds. The molecule has 0 saturated heterocycles. The van der Waals surface area contributed by atoms with Crippen molar-refractivity contribution in [3.8, 4) is 11.5 Å². The Hall–Kier alpha value is -0.450. The minimum Gasteiger partial charge on any atom is -0.503 e. The van der Waals surface area contributed by atoms with Gasteiger partial charge in [-0.1, -0.05) is 12.8 Å². The maximum absolute atomic E-state index is 9.89. The Labute approximate surface area is 129 Å². The lowest BCUT2D eigenvalue weighted by atomic mass is 9.92. The van der Waals surface area contributed by atoms with Crippen molar-refractivity contribution in [2.24, 2.45) is 11.7 Å². The smallest absolute Gasteiger partial charge is 0.172 e. The van der Waals surface area contributed by atoms with Gasteiger partial charge < -0.3 is 15.6 Å². The van der Waals surface area contributed by atoms with Crippen molar-refractivity contribution in [3.05, 3.63) is 22.2 Å². The van der Waals surface area contributed by atoms with Gasteiger partial charge >= 0.3 is 0 Å². The average molecular weight is 351 g/mol. The SMILES string of the molecule is CCOc1cc([C@H](N)C2CCCC2)cc(Br)c1O.Cl. The van der Waals surface area contributed by atoms with Crippen molar-refractivity contribution in [2.75, 3.05) is 6.61 Å². The van der Waals surface area contributed by atoms with Crippen molar-refractivity contribution in [3.63, 3.8) is 0 Å². The van der Waals surface area contributed by atoms with Crippen molar-refractivity contribution in [2.45, 2.75) is 38.6 Å². The lowest BCUT2D eigenvalue weighted by Crippen LogP contribution is -2.19. The van der Waals surface area contributed by atoms with Crippen LogP contribution >= 0.6 is 28.3 Å². The Bertz CT molecular complexity index is 422. The van der Waals surface area contributed by atoms with E-state index < -0.39 is 0 Å². The summed E-state index contributed by atoms with van der Waals surface area (Å²) in [7, 11) is 0. The van der Waals surface area contributed by atoms with E-state index in [0.29, 0.717) is 22.7 Å². The molecule has 0 unspecified atom stereocenters. The van der Waals surface area contributed by atoms with Gasteiger partial charge in [-0.25, -0.2) is 0 Å². The molecule has 1 atom stereocenters. The van der Waals surface area contributed by atoms with E-state index in [1.165, 1.54) is 25.7 Å². The quantitative estimate of drug-likeness (QED) is 0.857. The van der Waals surface area contributed by atoms with Gasteiger partial charge in [-0.15, -0.1) is 12.4 Å². The maximum atomic E-state index is 9.89. The molecule has 1 fully saturated rings. The molecule has 1 aromatic carbocycles. The van der Waals surface area contributed by atoms with Crippen LogP contribution in [-0.4, -0.2) is 11.7 Å². The van der Waals surface area contributed by atoms with E-state index in [1.807, 2.05) is 19.1 Å². The Morgan fingerprint density at radius 1 is 1.42 bits per heavy atom. The normalized spacial score (nSPS) is 17.0. The van der Waals surface area contributed by atoms with Gasteiger partial charge in [0.1, 0.15) is 0 Å². The summed E-state index contributed by atoms with van der Waals surface area (Å²) in [4.78, 5) is 0. The van der Waals surface area contributed by atoms with Crippen LogP contribution in [0.5, 0.6) is 11.5 Å². The highest BCUT2D eigenvalue weighted by atomic mass is 79.9. The summed E-state index contributed by atoms with van der Waals surface area (Å²) in [5.74, 6) is 1.21. The Kier molecular flexibility index (Phi) is 6.43. The molecular formula is C14H21BrClNO2. The predicted molar refractivity (Wildman–Crippen MR) is 83.1 cm³/mol. The largest absolute Gasteiger partial charge is 0.503 e. The average Bonchev–Trinajstić information content (AvgIpc) is 2.87. The van der Waals surface area contributed by atoms with Crippen LogP contribution in [0.4, 0.5) is 0 Å². The van der Waals surface area contributed by atoms with Gasteiger partial charge in [0, 0.05) is 6.04 Å². The number of ether oxygens (including phenoxy) is 1. The molecule has 1 aromatic rings. The number of benzene rings is 1. The minimum atomic E-state index is 0. The van der Waals surface area contributed by atoms with E-state index in [9.17, 15) is 5.11 Å². The zero-order valence-electron chi connectivity index (χ0n) is 11.1. The van der Waals surface area contributed by atoms with Crippen molar-refractivity contribution < 1.29 is 9.84 Å². The number of halogens is 2. The van der Waals surface area contributed by atoms with E-state index in [0.717, 1.165) is 5.56 Å². The van der Waals surface area contributed by atoms with E-state index in [1.54, 1.807) is 0 Å². The molecule has 0 spiro atoms. The van der Waals surface area contributed by atoms with Crippen LogP contribution in [0.3, 0.4) is 0 Å². The third kappa shape index (κ3) is 3.77. The Morgan fingerprint density at radius 3 is 2.63 bits per heavy atom. The molecule has 3 nitrogen and oxygen atoms in total. The second-order valence-electron chi connectivity index (χ2n) is 4.85. The van der Waals surface area contributed by atoms with Crippen LogP contribution in [0, 0.1) is 5.92 Å². The fraction of sp³-hybridized carbons (Fsp3) is 0.571. The summed E-state index contributed by atoms with van der Waals surface area (Å²) in [6.07, 6.45) is 4.94. The topological polar surface area (TPSA) is 55.5 Å². The van der Waals surface area contributed by atoms with Crippen LogP contribution in [0.15, 0.2) is 16.6 Å². The summed E-state index contributed by atoms with van der Waals surface area (Å²) >= 11 is 3.36. The van der Waals surface area contributed by atoms with Gasteiger partial charge in [-0.3, -0.25) is 0 Å². The molecule has 1 aliphatic carbocycles. The fourth-order valence-electron chi connectivity index (χ4n) is 2.64. The first-order chi connectivity index (χ1) is 8.63. The number of hydrogen-bond acceptors (Lipinski definition) is 3. The summed E-state index contributed by atoms with van der Waals surface area (Å²) in [6, 6.07) is 3.80. The molecule has 0 aromatic heterocycles. The molecular weight excluding hydrogens is 330 g/mol. The van der Waals surface area contributed by atoms with Gasteiger partial charge in [0.05, 0.1) is 11.1 Å². The molecule has 5 heteroatoms.